The van der Waals surface area contributed by atoms with Gasteiger partial charge in [-0.2, -0.15) is 5.10 Å². The van der Waals surface area contributed by atoms with Gasteiger partial charge in [0.15, 0.2) is 0 Å². The van der Waals surface area contributed by atoms with E-state index in [1.54, 1.807) is 27.9 Å². The number of nitrogens with one attached hydrogen (secondary N) is 1. The van der Waals surface area contributed by atoms with Crippen molar-refractivity contribution in [3.8, 4) is 0 Å². The molecule has 2 aliphatic heterocycles. The Morgan fingerprint density at radius 1 is 1.41 bits per heavy atom. The summed E-state index contributed by atoms with van der Waals surface area (Å²) in [6.07, 6.45) is 8.04. The van der Waals surface area contributed by atoms with Crippen LogP contribution < -0.4 is 5.32 Å². The predicted octanol–water partition coefficient (Wildman–Crippen LogP) is 1.14. The Hall–Kier alpha value is -3.00. The van der Waals surface area contributed by atoms with Gasteiger partial charge in [0.05, 0.1) is 18.4 Å². The van der Waals surface area contributed by atoms with E-state index in [4.69, 9.17) is 4.74 Å². The summed E-state index contributed by atoms with van der Waals surface area (Å²) >= 11 is 0. The van der Waals surface area contributed by atoms with E-state index in [-0.39, 0.29) is 17.9 Å². The number of hydrogen-bond donors (Lipinski definition) is 1. The van der Waals surface area contributed by atoms with Crippen LogP contribution in [0.15, 0.2) is 30.6 Å². The zero-order valence-electron chi connectivity index (χ0n) is 15.1. The molecule has 0 saturated carbocycles. The Bertz CT molecular complexity index is 899. The normalized spacial score (nSPS) is 16.9. The van der Waals surface area contributed by atoms with Crippen molar-refractivity contribution in [3.05, 3.63) is 47.4 Å². The maximum absolute atomic E-state index is 12.2. The smallest absolute Gasteiger partial charge is 0.246 e. The van der Waals surface area contributed by atoms with Gasteiger partial charge in [0.25, 0.3) is 0 Å². The van der Waals surface area contributed by atoms with Gasteiger partial charge in [0.1, 0.15) is 5.82 Å². The lowest BCUT2D eigenvalue weighted by molar-refractivity contribution is -0.140. The highest BCUT2D eigenvalue weighted by atomic mass is 16.5. The number of fused-ring (bicyclic) bond motifs is 1. The van der Waals surface area contributed by atoms with E-state index >= 15 is 0 Å². The molecule has 1 N–H and O–H groups in total. The van der Waals surface area contributed by atoms with E-state index in [0.717, 1.165) is 16.8 Å². The second kappa shape index (κ2) is 7.32. The highest BCUT2D eigenvalue weighted by Gasteiger charge is 2.30. The number of pyridine rings is 1. The van der Waals surface area contributed by atoms with Crippen molar-refractivity contribution < 1.29 is 14.3 Å². The van der Waals surface area contributed by atoms with Crippen molar-refractivity contribution in [2.24, 2.45) is 7.05 Å². The third kappa shape index (κ3) is 4.06. The highest BCUT2D eigenvalue weighted by molar-refractivity contribution is 5.94. The average molecular weight is 367 g/mol. The first-order valence-corrected chi connectivity index (χ1v) is 8.93. The monoisotopic (exact) mass is 367 g/mol. The van der Waals surface area contributed by atoms with Crippen molar-refractivity contribution in [2.75, 3.05) is 18.4 Å². The Morgan fingerprint density at radius 2 is 2.26 bits per heavy atom. The molecule has 8 nitrogen and oxygen atoms in total. The molecule has 8 heteroatoms. The molecule has 4 rings (SSSR count). The summed E-state index contributed by atoms with van der Waals surface area (Å²) in [6.45, 7) is 1.63. The minimum Gasteiger partial charge on any atom is -0.368 e. The molecule has 2 aromatic rings. The molecule has 27 heavy (non-hydrogen) atoms. The highest BCUT2D eigenvalue weighted by Crippen LogP contribution is 2.21. The van der Waals surface area contributed by atoms with Crippen LogP contribution in [-0.2, 0) is 34.4 Å². The van der Waals surface area contributed by atoms with Gasteiger partial charge in [0, 0.05) is 45.0 Å². The third-order valence-corrected chi connectivity index (χ3v) is 4.68. The molecule has 0 aliphatic carbocycles. The number of anilines is 1. The Labute approximate surface area is 156 Å². The first-order valence-electron chi connectivity index (χ1n) is 8.93. The third-order valence-electron chi connectivity index (χ3n) is 4.68. The predicted molar refractivity (Wildman–Crippen MR) is 98.6 cm³/mol. The number of nitrogens with zero attached hydrogens (tertiary/aromatic N) is 4. The van der Waals surface area contributed by atoms with E-state index in [9.17, 15) is 9.59 Å². The molecule has 2 aliphatic rings. The molecule has 1 fully saturated rings. The zero-order chi connectivity index (χ0) is 18.8. The summed E-state index contributed by atoms with van der Waals surface area (Å²) in [5.41, 5.74) is 2.73. The second-order valence-corrected chi connectivity index (χ2v) is 6.81. The van der Waals surface area contributed by atoms with Crippen LogP contribution in [0, 0.1) is 0 Å². The van der Waals surface area contributed by atoms with Gasteiger partial charge in [-0.3, -0.25) is 14.3 Å². The van der Waals surface area contributed by atoms with Gasteiger partial charge in [-0.05, 0) is 35.8 Å². The summed E-state index contributed by atoms with van der Waals surface area (Å²) in [6, 6.07) is 3.88. The van der Waals surface area contributed by atoms with Gasteiger partial charge in [-0.15, -0.1) is 0 Å². The molecule has 0 radical (unpaired) electrons. The number of carbonyl (C=O) groups excluding carboxylic acids is 2. The molecule has 0 bridgehead atoms. The SMILES string of the molecule is Cn1ccc(COC2CN(C(=O)/C=C/c3cnc4c(c3)CCC(=O)N4)C2)n1. The summed E-state index contributed by atoms with van der Waals surface area (Å²) < 4.78 is 7.49. The molecule has 0 unspecified atom stereocenters. The molecular formula is C19H21N5O3. The maximum atomic E-state index is 12.2. The first kappa shape index (κ1) is 17.4. The summed E-state index contributed by atoms with van der Waals surface area (Å²) in [5, 5.41) is 7.01. The largest absolute Gasteiger partial charge is 0.368 e. The van der Waals surface area contributed by atoms with Crippen molar-refractivity contribution in [2.45, 2.75) is 25.6 Å². The minimum atomic E-state index is -0.0429. The van der Waals surface area contributed by atoms with E-state index in [2.05, 4.69) is 15.4 Å². The van der Waals surface area contributed by atoms with Gasteiger partial charge < -0.3 is 15.0 Å². The lowest BCUT2D eigenvalue weighted by atomic mass is 10.0. The quantitative estimate of drug-likeness (QED) is 0.801. The zero-order valence-corrected chi connectivity index (χ0v) is 15.1. The van der Waals surface area contributed by atoms with Crippen molar-refractivity contribution in [3.63, 3.8) is 0 Å². The van der Waals surface area contributed by atoms with Gasteiger partial charge in [-0.25, -0.2) is 4.98 Å². The van der Waals surface area contributed by atoms with Gasteiger partial charge >= 0.3 is 0 Å². The lowest BCUT2D eigenvalue weighted by Gasteiger charge is -2.38. The number of aryl methyl sites for hydroxylation is 2. The summed E-state index contributed by atoms with van der Waals surface area (Å²) in [5.74, 6) is 0.565. The van der Waals surface area contributed by atoms with Gasteiger partial charge in [-0.1, -0.05) is 0 Å². The van der Waals surface area contributed by atoms with Crippen LogP contribution >= 0.6 is 0 Å². The van der Waals surface area contributed by atoms with Crippen LogP contribution in [0.2, 0.25) is 0 Å². The van der Waals surface area contributed by atoms with Crippen LogP contribution in [0.4, 0.5) is 5.82 Å². The summed E-state index contributed by atoms with van der Waals surface area (Å²) in [4.78, 5) is 29.6. The maximum Gasteiger partial charge on any atom is 0.246 e. The lowest BCUT2D eigenvalue weighted by Crippen LogP contribution is -2.54. The molecule has 2 amide bonds. The van der Waals surface area contributed by atoms with E-state index < -0.39 is 0 Å². The molecule has 0 atom stereocenters. The number of rotatable bonds is 5. The fourth-order valence-corrected chi connectivity index (χ4v) is 3.11. The fraction of sp³-hybridized carbons (Fsp3) is 0.368. The van der Waals surface area contributed by atoms with Crippen molar-refractivity contribution in [1.29, 1.82) is 0 Å². The Kier molecular flexibility index (Phi) is 4.72. The minimum absolute atomic E-state index is 0.00827. The second-order valence-electron chi connectivity index (χ2n) is 6.81. The topological polar surface area (TPSA) is 89.4 Å². The average Bonchev–Trinajstić information content (AvgIpc) is 3.03. The molecule has 2 aromatic heterocycles. The molecule has 0 aromatic carbocycles. The molecule has 1 saturated heterocycles. The number of aromatic nitrogens is 3. The molecular weight excluding hydrogens is 346 g/mol. The fourth-order valence-electron chi connectivity index (χ4n) is 3.11. The molecule has 140 valence electrons. The molecule has 4 heterocycles. The summed E-state index contributed by atoms with van der Waals surface area (Å²) in [7, 11) is 1.87. The molecule has 0 spiro atoms. The van der Waals surface area contributed by atoms with Crippen molar-refractivity contribution >= 4 is 23.7 Å². The van der Waals surface area contributed by atoms with E-state index in [0.29, 0.717) is 38.4 Å². The van der Waals surface area contributed by atoms with Crippen LogP contribution in [0.25, 0.3) is 6.08 Å². The number of ether oxygens (including phenoxy) is 1. The van der Waals surface area contributed by atoms with E-state index in [1.165, 1.54) is 0 Å². The van der Waals surface area contributed by atoms with Gasteiger partial charge in [0.2, 0.25) is 11.8 Å². The standard InChI is InChI=1S/C19H21N5O3/c1-23-7-6-15(22-23)12-27-16-10-24(11-16)18(26)5-2-13-8-14-3-4-17(25)21-19(14)20-9-13/h2,5-9,16H,3-4,10-12H2,1H3,(H,20,21,25)/b5-2+. The first-order chi connectivity index (χ1) is 13.1. The van der Waals surface area contributed by atoms with Crippen LogP contribution in [0.1, 0.15) is 23.2 Å². The van der Waals surface area contributed by atoms with E-state index in [1.807, 2.05) is 25.4 Å². The number of amides is 2. The number of carbonyl (C=O) groups is 2. The Balaban J connectivity index is 1.26. The number of hydrogen-bond acceptors (Lipinski definition) is 5. The van der Waals surface area contributed by atoms with Crippen LogP contribution in [-0.4, -0.2) is 50.7 Å². The van der Waals surface area contributed by atoms with Crippen LogP contribution in [0.3, 0.4) is 0 Å². The number of likely N-dealkylation sites (tertiary alicyclic amines) is 1. The Morgan fingerprint density at radius 3 is 3.04 bits per heavy atom. The van der Waals surface area contributed by atoms with Crippen LogP contribution in [0.5, 0.6) is 0 Å². The van der Waals surface area contributed by atoms with Crippen molar-refractivity contribution in [1.82, 2.24) is 19.7 Å².